The molecule has 0 unspecified atom stereocenters. The zero-order valence-electron chi connectivity index (χ0n) is 22.5. The lowest BCUT2D eigenvalue weighted by atomic mass is 10.00. The van der Waals surface area contributed by atoms with E-state index in [1.54, 1.807) is 21.9 Å². The minimum absolute atomic E-state index is 0.00402. The number of nitrogens with zero attached hydrogens (tertiary/aromatic N) is 4. The summed E-state index contributed by atoms with van der Waals surface area (Å²) in [6.45, 7) is 4.80. The van der Waals surface area contributed by atoms with Crippen molar-refractivity contribution in [2.24, 2.45) is 5.92 Å². The number of carbonyl (C=O) groups excluding carboxylic acids is 2. The van der Waals surface area contributed by atoms with E-state index in [0.29, 0.717) is 11.1 Å². The molecular formula is C29H31F3N4O4. The number of carbonyl (C=O) groups is 2. The molecule has 0 radical (unpaired) electrons. The molecule has 1 saturated heterocycles. The molecule has 0 aliphatic carbocycles. The van der Waals surface area contributed by atoms with Crippen LogP contribution in [0.5, 0.6) is 0 Å². The molecular weight excluding hydrogens is 525 g/mol. The van der Waals surface area contributed by atoms with Crippen molar-refractivity contribution >= 4 is 18.0 Å². The smallest absolute Gasteiger partial charge is 0.433 e. The summed E-state index contributed by atoms with van der Waals surface area (Å²) in [5.74, 6) is -0.566. The maximum absolute atomic E-state index is 14.1. The summed E-state index contributed by atoms with van der Waals surface area (Å²) in [5.41, 5.74) is 0.643. The molecule has 2 heterocycles. The highest BCUT2D eigenvalue weighted by Gasteiger charge is 2.39. The van der Waals surface area contributed by atoms with Gasteiger partial charge in [0.1, 0.15) is 6.61 Å². The van der Waals surface area contributed by atoms with Crippen LogP contribution in [0.15, 0.2) is 60.8 Å². The standard InChI is InChI=1S/C29H31F3N4O4/c1-19(2)24-17-35(28(38)40-18-21-7-5-4-6-8-21)13-14-36(24)27-33-16-23(25(34-27)29(30,31)32)15-20-9-11-22(12-10-20)26(37)39-3/h4-12,16,19,24H,13-15,17-18H2,1-3H3/t24-/m0/s1. The lowest BCUT2D eigenvalue weighted by Crippen LogP contribution is -2.57. The highest BCUT2D eigenvalue weighted by Crippen LogP contribution is 2.33. The van der Waals surface area contributed by atoms with E-state index in [9.17, 15) is 22.8 Å². The maximum Gasteiger partial charge on any atom is 0.433 e. The van der Waals surface area contributed by atoms with Gasteiger partial charge >= 0.3 is 18.2 Å². The first-order chi connectivity index (χ1) is 19.1. The Balaban J connectivity index is 1.51. The molecule has 4 rings (SSSR count). The Hall–Kier alpha value is -4.15. The number of rotatable bonds is 7. The van der Waals surface area contributed by atoms with Crippen molar-refractivity contribution in [3.63, 3.8) is 0 Å². The number of hydrogen-bond donors (Lipinski definition) is 0. The second-order valence-electron chi connectivity index (χ2n) is 9.90. The molecule has 3 aromatic rings. The van der Waals surface area contributed by atoms with Crippen LogP contribution in [0.3, 0.4) is 0 Å². The van der Waals surface area contributed by atoms with Crippen molar-refractivity contribution in [1.82, 2.24) is 14.9 Å². The molecule has 2 aromatic carbocycles. The van der Waals surface area contributed by atoms with Gasteiger partial charge in [0.2, 0.25) is 5.95 Å². The fraction of sp³-hybridized carbons (Fsp3) is 0.379. The molecule has 1 aliphatic rings. The zero-order valence-corrected chi connectivity index (χ0v) is 22.5. The Morgan fingerprint density at radius 1 is 1.02 bits per heavy atom. The van der Waals surface area contributed by atoms with Gasteiger partial charge in [-0.25, -0.2) is 19.6 Å². The minimum Gasteiger partial charge on any atom is -0.465 e. The third kappa shape index (κ3) is 6.88. The Labute approximate surface area is 230 Å². The van der Waals surface area contributed by atoms with Crippen molar-refractivity contribution in [3.05, 3.63) is 88.7 Å². The van der Waals surface area contributed by atoms with Crippen LogP contribution in [0.1, 0.15) is 46.6 Å². The molecule has 0 saturated carbocycles. The monoisotopic (exact) mass is 556 g/mol. The summed E-state index contributed by atoms with van der Waals surface area (Å²) in [4.78, 5) is 36.0. The summed E-state index contributed by atoms with van der Waals surface area (Å²) >= 11 is 0. The highest BCUT2D eigenvalue weighted by atomic mass is 19.4. The molecule has 11 heteroatoms. The van der Waals surface area contributed by atoms with Crippen LogP contribution in [-0.2, 0) is 28.7 Å². The fourth-order valence-corrected chi connectivity index (χ4v) is 4.61. The first kappa shape index (κ1) is 28.8. The van der Waals surface area contributed by atoms with Gasteiger partial charge in [0.25, 0.3) is 0 Å². The SMILES string of the molecule is COC(=O)c1ccc(Cc2cnc(N3CCN(C(=O)OCc4ccccc4)C[C@H]3C(C)C)nc2C(F)(F)F)cc1. The van der Waals surface area contributed by atoms with Gasteiger partial charge < -0.3 is 19.3 Å². The van der Waals surface area contributed by atoms with Gasteiger partial charge in [-0.05, 0) is 29.2 Å². The lowest BCUT2D eigenvalue weighted by molar-refractivity contribution is -0.141. The number of amides is 1. The Bertz CT molecular complexity index is 1320. The number of halogens is 3. The third-order valence-corrected chi connectivity index (χ3v) is 6.80. The number of hydrogen-bond acceptors (Lipinski definition) is 7. The molecule has 212 valence electrons. The van der Waals surface area contributed by atoms with Gasteiger partial charge in [-0.15, -0.1) is 0 Å². The van der Waals surface area contributed by atoms with Crippen LogP contribution in [0.4, 0.5) is 23.9 Å². The van der Waals surface area contributed by atoms with E-state index in [1.807, 2.05) is 44.2 Å². The number of piperazine rings is 1. The van der Waals surface area contributed by atoms with Crippen LogP contribution in [0, 0.1) is 5.92 Å². The number of benzene rings is 2. The summed E-state index contributed by atoms with van der Waals surface area (Å²) in [6, 6.07) is 15.2. The number of methoxy groups -OCH3 is 1. The molecule has 0 spiro atoms. The van der Waals surface area contributed by atoms with Crippen LogP contribution in [0.25, 0.3) is 0 Å². The average Bonchev–Trinajstić information content (AvgIpc) is 2.95. The molecule has 0 bridgehead atoms. The number of alkyl halides is 3. The van der Waals surface area contributed by atoms with Crippen molar-refractivity contribution < 1.29 is 32.2 Å². The van der Waals surface area contributed by atoms with Crippen LogP contribution in [-0.4, -0.2) is 59.7 Å². The van der Waals surface area contributed by atoms with E-state index >= 15 is 0 Å². The van der Waals surface area contributed by atoms with Gasteiger partial charge in [-0.3, -0.25) is 0 Å². The largest absolute Gasteiger partial charge is 0.465 e. The predicted octanol–water partition coefficient (Wildman–Crippen LogP) is 5.36. The molecule has 1 aromatic heterocycles. The number of esters is 1. The maximum atomic E-state index is 14.1. The molecule has 8 nitrogen and oxygen atoms in total. The van der Waals surface area contributed by atoms with Crippen molar-refractivity contribution in [1.29, 1.82) is 0 Å². The van der Waals surface area contributed by atoms with Gasteiger partial charge in [0, 0.05) is 37.8 Å². The van der Waals surface area contributed by atoms with E-state index in [0.717, 1.165) is 5.56 Å². The van der Waals surface area contributed by atoms with E-state index in [4.69, 9.17) is 4.74 Å². The van der Waals surface area contributed by atoms with E-state index in [2.05, 4.69) is 14.7 Å². The molecule has 0 N–H and O–H groups in total. The molecule has 1 amide bonds. The van der Waals surface area contributed by atoms with Gasteiger partial charge in [-0.1, -0.05) is 56.3 Å². The van der Waals surface area contributed by atoms with E-state index in [1.165, 1.54) is 25.4 Å². The van der Waals surface area contributed by atoms with Crippen LogP contribution in [0.2, 0.25) is 0 Å². The minimum atomic E-state index is -4.70. The number of aromatic nitrogens is 2. The highest BCUT2D eigenvalue weighted by molar-refractivity contribution is 5.89. The van der Waals surface area contributed by atoms with Crippen LogP contribution < -0.4 is 4.90 Å². The summed E-state index contributed by atoms with van der Waals surface area (Å²) in [6.07, 6.45) is -4.03. The van der Waals surface area contributed by atoms with Gasteiger partial charge in [0.05, 0.1) is 18.7 Å². The predicted molar refractivity (Wildman–Crippen MR) is 142 cm³/mol. The molecule has 40 heavy (non-hydrogen) atoms. The van der Waals surface area contributed by atoms with Crippen molar-refractivity contribution in [2.75, 3.05) is 31.6 Å². The molecule has 1 fully saturated rings. The Kier molecular flexibility index (Phi) is 8.91. The average molecular weight is 557 g/mol. The molecule has 1 aliphatic heterocycles. The normalized spacial score (nSPS) is 15.7. The number of ether oxygens (including phenoxy) is 2. The first-order valence-corrected chi connectivity index (χ1v) is 12.9. The second kappa shape index (κ2) is 12.4. The quantitative estimate of drug-likeness (QED) is 0.363. The number of anilines is 1. The van der Waals surface area contributed by atoms with E-state index < -0.39 is 23.9 Å². The van der Waals surface area contributed by atoms with Gasteiger partial charge in [0.15, 0.2) is 5.69 Å². The fourth-order valence-electron chi connectivity index (χ4n) is 4.61. The zero-order chi connectivity index (χ0) is 28.9. The van der Waals surface area contributed by atoms with Gasteiger partial charge in [-0.2, -0.15) is 13.2 Å². The summed E-state index contributed by atoms with van der Waals surface area (Å²) in [5, 5.41) is 0. The third-order valence-electron chi connectivity index (χ3n) is 6.80. The van der Waals surface area contributed by atoms with Crippen molar-refractivity contribution in [2.45, 2.75) is 39.1 Å². The summed E-state index contributed by atoms with van der Waals surface area (Å²) < 4.78 is 52.5. The van der Waals surface area contributed by atoms with Crippen molar-refractivity contribution in [3.8, 4) is 0 Å². The van der Waals surface area contributed by atoms with E-state index in [-0.39, 0.29) is 56.1 Å². The Morgan fingerprint density at radius 2 is 1.73 bits per heavy atom. The Morgan fingerprint density at radius 3 is 2.35 bits per heavy atom. The first-order valence-electron chi connectivity index (χ1n) is 12.9. The second-order valence-corrected chi connectivity index (χ2v) is 9.90. The van der Waals surface area contributed by atoms with Crippen LogP contribution >= 0.6 is 0 Å². The topological polar surface area (TPSA) is 84.9 Å². The lowest BCUT2D eigenvalue weighted by Gasteiger charge is -2.43. The summed E-state index contributed by atoms with van der Waals surface area (Å²) in [7, 11) is 1.26. The molecule has 1 atom stereocenters.